The van der Waals surface area contributed by atoms with E-state index in [0.717, 1.165) is 16.8 Å². The van der Waals surface area contributed by atoms with Gasteiger partial charge in [0.05, 0.1) is 11.9 Å². The molecule has 0 saturated carbocycles. The fourth-order valence-corrected chi connectivity index (χ4v) is 1.59. The molecule has 2 N–H and O–H groups in total. The van der Waals surface area contributed by atoms with Crippen molar-refractivity contribution in [3.05, 3.63) is 53.9 Å². The van der Waals surface area contributed by atoms with Crippen LogP contribution in [-0.4, -0.2) is 11.0 Å². The van der Waals surface area contributed by atoms with E-state index in [0.29, 0.717) is 5.69 Å². The zero-order chi connectivity index (χ0) is 13.0. The molecule has 0 bridgehead atoms. The molecule has 92 valence electrons. The minimum Gasteiger partial charge on any atom is -0.307 e. The molecule has 1 aromatic carbocycles. The van der Waals surface area contributed by atoms with Gasteiger partial charge in [-0.1, -0.05) is 12.1 Å². The fourth-order valence-electron chi connectivity index (χ4n) is 1.59. The van der Waals surface area contributed by atoms with Crippen molar-refractivity contribution in [3.8, 4) is 0 Å². The maximum Gasteiger partial charge on any atom is 0.323 e. The van der Waals surface area contributed by atoms with E-state index >= 15 is 0 Å². The van der Waals surface area contributed by atoms with E-state index in [1.807, 2.05) is 32.0 Å². The van der Waals surface area contributed by atoms with Crippen LogP contribution in [0.25, 0.3) is 0 Å². The zero-order valence-electron chi connectivity index (χ0n) is 10.4. The minimum atomic E-state index is -0.267. The second kappa shape index (κ2) is 5.31. The molecular formula is C14H15N3O. The lowest BCUT2D eigenvalue weighted by Crippen LogP contribution is -2.20. The number of hydrogen-bond acceptors (Lipinski definition) is 2. The number of aromatic nitrogens is 1. The molecule has 0 atom stereocenters. The quantitative estimate of drug-likeness (QED) is 0.847. The van der Waals surface area contributed by atoms with E-state index in [-0.39, 0.29) is 6.03 Å². The average molecular weight is 241 g/mol. The molecule has 2 amide bonds. The normalized spacial score (nSPS) is 9.89. The lowest BCUT2D eigenvalue weighted by Gasteiger charge is -2.10. The van der Waals surface area contributed by atoms with Crippen LogP contribution in [0.1, 0.15) is 11.1 Å². The lowest BCUT2D eigenvalue weighted by molar-refractivity contribution is 0.262. The molecule has 2 rings (SSSR count). The van der Waals surface area contributed by atoms with Crippen LogP contribution >= 0.6 is 0 Å². The van der Waals surface area contributed by atoms with Crippen LogP contribution in [0.2, 0.25) is 0 Å². The Labute approximate surface area is 106 Å². The molecule has 0 radical (unpaired) electrons. The number of pyridine rings is 1. The van der Waals surface area contributed by atoms with Crippen molar-refractivity contribution in [2.24, 2.45) is 0 Å². The van der Waals surface area contributed by atoms with Gasteiger partial charge in [-0.05, 0) is 43.2 Å². The number of benzene rings is 1. The van der Waals surface area contributed by atoms with Crippen molar-refractivity contribution < 1.29 is 4.79 Å². The van der Waals surface area contributed by atoms with Gasteiger partial charge in [-0.3, -0.25) is 4.98 Å². The summed E-state index contributed by atoms with van der Waals surface area (Å²) in [5.41, 5.74) is 3.62. The average Bonchev–Trinajstić information content (AvgIpc) is 2.35. The highest BCUT2D eigenvalue weighted by molar-refractivity contribution is 6.00. The third kappa shape index (κ3) is 3.07. The van der Waals surface area contributed by atoms with Crippen molar-refractivity contribution in [2.75, 3.05) is 10.6 Å². The largest absolute Gasteiger partial charge is 0.323 e. The molecule has 0 aliphatic rings. The van der Waals surface area contributed by atoms with Gasteiger partial charge in [-0.2, -0.15) is 0 Å². The Bertz CT molecular complexity index is 552. The summed E-state index contributed by atoms with van der Waals surface area (Å²) in [7, 11) is 0. The number of hydrogen-bond donors (Lipinski definition) is 2. The van der Waals surface area contributed by atoms with Gasteiger partial charge in [0.2, 0.25) is 0 Å². The maximum atomic E-state index is 11.8. The number of amides is 2. The summed E-state index contributed by atoms with van der Waals surface area (Å²) < 4.78 is 0. The summed E-state index contributed by atoms with van der Waals surface area (Å²) in [4.78, 5) is 15.7. The zero-order valence-corrected chi connectivity index (χ0v) is 10.4. The van der Waals surface area contributed by atoms with Crippen LogP contribution < -0.4 is 10.6 Å². The molecule has 0 aliphatic heterocycles. The number of nitrogens with one attached hydrogen (secondary N) is 2. The third-order valence-corrected chi connectivity index (χ3v) is 2.56. The molecule has 2 aromatic rings. The van der Waals surface area contributed by atoms with Crippen LogP contribution in [-0.2, 0) is 0 Å². The fraction of sp³-hybridized carbons (Fsp3) is 0.143. The smallest absolute Gasteiger partial charge is 0.307 e. The van der Waals surface area contributed by atoms with E-state index in [9.17, 15) is 4.79 Å². The topological polar surface area (TPSA) is 54.0 Å². The first-order valence-electron chi connectivity index (χ1n) is 5.70. The van der Waals surface area contributed by atoms with Gasteiger partial charge in [-0.15, -0.1) is 0 Å². The van der Waals surface area contributed by atoms with E-state index in [2.05, 4.69) is 15.6 Å². The highest BCUT2D eigenvalue weighted by atomic mass is 16.2. The van der Waals surface area contributed by atoms with Gasteiger partial charge < -0.3 is 10.6 Å². The highest BCUT2D eigenvalue weighted by Gasteiger charge is 2.04. The van der Waals surface area contributed by atoms with Gasteiger partial charge >= 0.3 is 6.03 Å². The molecule has 0 saturated heterocycles. The summed E-state index contributed by atoms with van der Waals surface area (Å²) in [5.74, 6) is 0. The summed E-state index contributed by atoms with van der Waals surface area (Å²) in [6.07, 6.45) is 3.26. The first-order chi connectivity index (χ1) is 8.65. The predicted octanol–water partition coefficient (Wildman–Crippen LogP) is 3.34. The number of anilines is 2. The molecule has 18 heavy (non-hydrogen) atoms. The van der Waals surface area contributed by atoms with Crippen molar-refractivity contribution in [2.45, 2.75) is 13.8 Å². The standard InChI is InChI=1S/C14H15N3O/c1-10-5-6-11(2)13(8-10)17-14(18)16-12-4-3-7-15-9-12/h3-9H,1-2H3,(H2,16,17,18). The van der Waals surface area contributed by atoms with Crippen LogP contribution in [0, 0.1) is 13.8 Å². The van der Waals surface area contributed by atoms with Crippen molar-refractivity contribution >= 4 is 17.4 Å². The Balaban J connectivity index is 2.05. The second-order valence-electron chi connectivity index (χ2n) is 4.14. The number of aryl methyl sites for hydroxylation is 2. The van der Waals surface area contributed by atoms with E-state index < -0.39 is 0 Å². The predicted molar refractivity (Wildman–Crippen MR) is 72.8 cm³/mol. The molecule has 0 spiro atoms. The van der Waals surface area contributed by atoms with E-state index in [1.165, 1.54) is 0 Å². The summed E-state index contributed by atoms with van der Waals surface area (Å²) >= 11 is 0. The monoisotopic (exact) mass is 241 g/mol. The Morgan fingerprint density at radius 3 is 2.72 bits per heavy atom. The molecule has 4 heteroatoms. The highest BCUT2D eigenvalue weighted by Crippen LogP contribution is 2.16. The van der Waals surface area contributed by atoms with Crippen LogP contribution in [0.15, 0.2) is 42.7 Å². The number of nitrogens with zero attached hydrogens (tertiary/aromatic N) is 1. The number of carbonyl (C=O) groups is 1. The first-order valence-corrected chi connectivity index (χ1v) is 5.70. The third-order valence-electron chi connectivity index (χ3n) is 2.56. The SMILES string of the molecule is Cc1ccc(C)c(NC(=O)Nc2cccnc2)c1. The Kier molecular flexibility index (Phi) is 3.57. The number of rotatable bonds is 2. The maximum absolute atomic E-state index is 11.8. The molecule has 0 fully saturated rings. The van der Waals surface area contributed by atoms with Gasteiger partial charge in [0.1, 0.15) is 0 Å². The van der Waals surface area contributed by atoms with Gasteiger partial charge in [0.25, 0.3) is 0 Å². The summed E-state index contributed by atoms with van der Waals surface area (Å²) in [6.45, 7) is 3.95. The van der Waals surface area contributed by atoms with Crippen LogP contribution in [0.3, 0.4) is 0 Å². The van der Waals surface area contributed by atoms with Crippen molar-refractivity contribution in [3.63, 3.8) is 0 Å². The van der Waals surface area contributed by atoms with Crippen molar-refractivity contribution in [1.82, 2.24) is 4.98 Å². The summed E-state index contributed by atoms with van der Waals surface area (Å²) in [5, 5.41) is 5.55. The van der Waals surface area contributed by atoms with E-state index in [4.69, 9.17) is 0 Å². The number of carbonyl (C=O) groups excluding carboxylic acids is 1. The Morgan fingerprint density at radius 1 is 1.17 bits per heavy atom. The van der Waals surface area contributed by atoms with Crippen LogP contribution in [0.4, 0.5) is 16.2 Å². The lowest BCUT2D eigenvalue weighted by atomic mass is 10.1. The Hall–Kier alpha value is -2.36. The molecule has 4 nitrogen and oxygen atoms in total. The van der Waals surface area contributed by atoms with Gasteiger partial charge in [0.15, 0.2) is 0 Å². The van der Waals surface area contributed by atoms with E-state index in [1.54, 1.807) is 24.5 Å². The number of urea groups is 1. The second-order valence-corrected chi connectivity index (χ2v) is 4.14. The van der Waals surface area contributed by atoms with Crippen LogP contribution in [0.5, 0.6) is 0 Å². The first kappa shape index (κ1) is 12.1. The van der Waals surface area contributed by atoms with Gasteiger partial charge in [-0.25, -0.2) is 4.79 Å². The molecular weight excluding hydrogens is 226 g/mol. The van der Waals surface area contributed by atoms with Gasteiger partial charge in [0, 0.05) is 11.9 Å². The molecule has 1 aromatic heterocycles. The minimum absolute atomic E-state index is 0.267. The molecule has 1 heterocycles. The summed E-state index contributed by atoms with van der Waals surface area (Å²) in [6, 6.07) is 9.23. The van der Waals surface area contributed by atoms with Crippen molar-refractivity contribution in [1.29, 1.82) is 0 Å². The molecule has 0 aliphatic carbocycles. The Morgan fingerprint density at radius 2 is 2.00 bits per heavy atom. The molecule has 0 unspecified atom stereocenters.